The van der Waals surface area contributed by atoms with Gasteiger partial charge in [0.2, 0.25) is 6.10 Å². The summed E-state index contributed by atoms with van der Waals surface area (Å²) in [6, 6.07) is 9.61. The second kappa shape index (κ2) is 8.73. The summed E-state index contributed by atoms with van der Waals surface area (Å²) in [6.45, 7) is 3.23. The SMILES string of the molecule is COC(=O)[C@@H]1CSc2cc(N3C(=S)N(c4ccc(C#N)c(C(F)(F)F)c4)C(=O)C3(C)C)ccc2O1. The fourth-order valence-electron chi connectivity index (χ4n) is 3.91. The molecule has 1 amide bonds. The number of rotatable bonds is 3. The van der Waals surface area contributed by atoms with Crippen LogP contribution >= 0.6 is 24.0 Å². The molecule has 2 aromatic rings. The van der Waals surface area contributed by atoms with Crippen molar-refractivity contribution in [3.63, 3.8) is 0 Å². The van der Waals surface area contributed by atoms with Gasteiger partial charge in [-0.1, -0.05) is 0 Å². The monoisotopic (exact) mass is 521 g/mol. The van der Waals surface area contributed by atoms with E-state index in [0.29, 0.717) is 22.1 Å². The molecule has 0 unspecified atom stereocenters. The predicted octanol–water partition coefficient (Wildman–Crippen LogP) is 4.52. The Kier molecular flexibility index (Phi) is 6.19. The summed E-state index contributed by atoms with van der Waals surface area (Å²) in [5.74, 6) is -0.217. The molecule has 35 heavy (non-hydrogen) atoms. The minimum absolute atomic E-state index is 0.00746. The molecule has 182 valence electrons. The molecule has 0 aromatic heterocycles. The van der Waals surface area contributed by atoms with Crippen LogP contribution in [0.4, 0.5) is 24.5 Å². The molecule has 0 spiro atoms. The van der Waals surface area contributed by atoms with Crippen molar-refractivity contribution in [1.82, 2.24) is 0 Å². The van der Waals surface area contributed by atoms with Gasteiger partial charge in [0.05, 0.1) is 34.9 Å². The Bertz CT molecular complexity index is 1290. The molecule has 4 rings (SSSR count). The predicted molar refractivity (Wildman–Crippen MR) is 126 cm³/mol. The number of nitrogens with zero attached hydrogens (tertiary/aromatic N) is 3. The second-order valence-electron chi connectivity index (χ2n) is 8.23. The van der Waals surface area contributed by atoms with Crippen molar-refractivity contribution in [2.75, 3.05) is 22.7 Å². The number of ether oxygens (including phenoxy) is 2. The fraction of sp³-hybridized carbons (Fsp3) is 0.304. The molecule has 1 atom stereocenters. The van der Waals surface area contributed by atoms with Crippen LogP contribution in [0.2, 0.25) is 0 Å². The minimum Gasteiger partial charge on any atom is -0.477 e. The Hall–Kier alpha value is -3.30. The lowest BCUT2D eigenvalue weighted by molar-refractivity contribution is -0.147. The number of benzene rings is 2. The summed E-state index contributed by atoms with van der Waals surface area (Å²) >= 11 is 6.93. The van der Waals surface area contributed by atoms with Crippen LogP contribution in [0.25, 0.3) is 0 Å². The smallest absolute Gasteiger partial charge is 0.417 e. The van der Waals surface area contributed by atoms with E-state index < -0.39 is 40.8 Å². The number of alkyl halides is 3. The van der Waals surface area contributed by atoms with E-state index in [4.69, 9.17) is 27.0 Å². The van der Waals surface area contributed by atoms with Gasteiger partial charge in [-0.15, -0.1) is 11.8 Å². The van der Waals surface area contributed by atoms with Crippen LogP contribution in [0.15, 0.2) is 41.3 Å². The highest BCUT2D eigenvalue weighted by Crippen LogP contribution is 2.43. The van der Waals surface area contributed by atoms with E-state index in [9.17, 15) is 22.8 Å². The van der Waals surface area contributed by atoms with Crippen LogP contribution in [0.1, 0.15) is 25.0 Å². The topological polar surface area (TPSA) is 82.9 Å². The first kappa shape index (κ1) is 24.8. The number of thioether (sulfide) groups is 1. The summed E-state index contributed by atoms with van der Waals surface area (Å²) in [4.78, 5) is 28.5. The zero-order valence-corrected chi connectivity index (χ0v) is 20.3. The van der Waals surface area contributed by atoms with Crippen molar-refractivity contribution in [3.8, 4) is 11.8 Å². The Balaban J connectivity index is 1.71. The molecule has 2 aromatic carbocycles. The van der Waals surface area contributed by atoms with E-state index >= 15 is 0 Å². The largest absolute Gasteiger partial charge is 0.477 e. The van der Waals surface area contributed by atoms with Crippen LogP contribution in [-0.2, 0) is 20.5 Å². The average molecular weight is 522 g/mol. The molecular formula is C23H18F3N3O4S2. The number of halogens is 3. The number of anilines is 2. The third-order valence-corrected chi connectivity index (χ3v) is 7.13. The lowest BCUT2D eigenvalue weighted by Gasteiger charge is -2.31. The number of hydrogen-bond acceptors (Lipinski definition) is 7. The van der Waals surface area contributed by atoms with Gasteiger partial charge in [-0.3, -0.25) is 9.69 Å². The summed E-state index contributed by atoms with van der Waals surface area (Å²) in [5.41, 5.74) is -2.46. The maximum atomic E-state index is 13.5. The maximum Gasteiger partial charge on any atom is 0.417 e. The van der Waals surface area contributed by atoms with E-state index in [2.05, 4.69) is 0 Å². The number of thiocarbonyl (C=S) groups is 1. The van der Waals surface area contributed by atoms with Gasteiger partial charge in [0, 0.05) is 11.4 Å². The van der Waals surface area contributed by atoms with E-state index in [1.54, 1.807) is 36.9 Å². The van der Waals surface area contributed by atoms with Crippen molar-refractivity contribution >= 4 is 52.3 Å². The Morgan fingerprint density at radius 3 is 2.57 bits per heavy atom. The maximum absolute atomic E-state index is 13.5. The molecule has 1 saturated heterocycles. The molecule has 12 heteroatoms. The molecule has 7 nitrogen and oxygen atoms in total. The van der Waals surface area contributed by atoms with E-state index in [-0.39, 0.29) is 10.8 Å². The standard InChI is InChI=1S/C23H18F3N3O4S2/c1-22(2)20(31)28(13-5-4-12(10-27)15(8-13)23(24,25)26)21(34)29(22)14-6-7-16-18(9-14)35-11-17(33-16)19(30)32-3/h4-9,17H,11H2,1-3H3/t17-/m0/s1. The summed E-state index contributed by atoms with van der Waals surface area (Å²) in [6.07, 6.45) is -5.53. The lowest BCUT2D eigenvalue weighted by atomic mass is 10.0. The average Bonchev–Trinajstić information content (AvgIpc) is 3.00. The quantitative estimate of drug-likeness (QED) is 0.431. The van der Waals surface area contributed by atoms with Gasteiger partial charge in [0.25, 0.3) is 5.91 Å². The van der Waals surface area contributed by atoms with Gasteiger partial charge >= 0.3 is 12.1 Å². The molecular weight excluding hydrogens is 503 g/mol. The normalized spacial score (nSPS) is 19.2. The first-order chi connectivity index (χ1) is 16.4. The molecule has 0 bridgehead atoms. The van der Waals surface area contributed by atoms with E-state index in [0.717, 1.165) is 17.0 Å². The van der Waals surface area contributed by atoms with Crippen LogP contribution in [0, 0.1) is 11.3 Å². The first-order valence-electron chi connectivity index (χ1n) is 10.2. The number of fused-ring (bicyclic) bond motifs is 1. The van der Waals surface area contributed by atoms with Crippen LogP contribution < -0.4 is 14.5 Å². The van der Waals surface area contributed by atoms with Gasteiger partial charge in [0.15, 0.2) is 5.11 Å². The number of esters is 1. The number of hydrogen-bond donors (Lipinski definition) is 0. The Morgan fingerprint density at radius 1 is 1.26 bits per heavy atom. The summed E-state index contributed by atoms with van der Waals surface area (Å²) in [5, 5.41) is 9.06. The second-order valence-corrected chi connectivity index (χ2v) is 9.66. The van der Waals surface area contributed by atoms with Gasteiger partial charge in [-0.25, -0.2) is 4.79 Å². The van der Waals surface area contributed by atoms with Crippen molar-refractivity contribution in [3.05, 3.63) is 47.5 Å². The number of carbonyl (C=O) groups excluding carboxylic acids is 2. The van der Waals surface area contributed by atoms with Gasteiger partial charge in [0.1, 0.15) is 11.3 Å². The highest BCUT2D eigenvalue weighted by atomic mass is 32.2. The van der Waals surface area contributed by atoms with E-state index in [1.165, 1.54) is 31.0 Å². The number of amides is 1. The number of methoxy groups -OCH3 is 1. The van der Waals surface area contributed by atoms with Crippen molar-refractivity contribution in [2.45, 2.75) is 36.6 Å². The molecule has 0 saturated carbocycles. The van der Waals surface area contributed by atoms with Crippen molar-refractivity contribution in [1.29, 1.82) is 5.26 Å². The molecule has 0 aliphatic carbocycles. The summed E-state index contributed by atoms with van der Waals surface area (Å²) in [7, 11) is 1.28. The van der Waals surface area contributed by atoms with Crippen molar-refractivity contribution < 1.29 is 32.2 Å². The molecule has 1 fully saturated rings. The Morgan fingerprint density at radius 2 is 1.94 bits per heavy atom. The first-order valence-corrected chi connectivity index (χ1v) is 11.6. The number of nitriles is 1. The van der Waals surface area contributed by atoms with Crippen LogP contribution in [0.3, 0.4) is 0 Å². The van der Waals surface area contributed by atoms with Crippen LogP contribution in [0.5, 0.6) is 5.75 Å². The summed E-state index contributed by atoms with van der Waals surface area (Å²) < 4.78 is 51.0. The lowest BCUT2D eigenvalue weighted by Crippen LogP contribution is -2.44. The molecule has 0 radical (unpaired) electrons. The highest BCUT2D eigenvalue weighted by molar-refractivity contribution is 7.99. The fourth-order valence-corrected chi connectivity index (χ4v) is 5.43. The third-order valence-electron chi connectivity index (χ3n) is 5.66. The molecule has 2 heterocycles. The van der Waals surface area contributed by atoms with Crippen molar-refractivity contribution in [2.24, 2.45) is 0 Å². The van der Waals surface area contributed by atoms with E-state index in [1.807, 2.05) is 0 Å². The minimum atomic E-state index is -4.78. The third kappa shape index (κ3) is 4.19. The van der Waals surface area contributed by atoms with Gasteiger partial charge < -0.3 is 14.4 Å². The molecule has 2 aliphatic rings. The molecule has 2 aliphatic heterocycles. The van der Waals surface area contributed by atoms with Crippen LogP contribution in [-0.4, -0.2) is 41.5 Å². The van der Waals surface area contributed by atoms with Gasteiger partial charge in [-0.2, -0.15) is 18.4 Å². The Labute approximate surface area is 208 Å². The zero-order valence-electron chi connectivity index (χ0n) is 18.7. The zero-order chi connectivity index (χ0) is 25.7. The number of carbonyl (C=O) groups is 2. The molecule has 0 N–H and O–H groups in total. The van der Waals surface area contributed by atoms with Gasteiger partial charge in [-0.05, 0) is 62.5 Å². The highest BCUT2D eigenvalue weighted by Gasteiger charge is 2.51.